The fourth-order valence-electron chi connectivity index (χ4n) is 2.47. The summed E-state index contributed by atoms with van der Waals surface area (Å²) in [5, 5.41) is 3.07. The van der Waals surface area contributed by atoms with Gasteiger partial charge in [-0.3, -0.25) is 10.1 Å². The van der Waals surface area contributed by atoms with E-state index >= 15 is 0 Å². The van der Waals surface area contributed by atoms with Crippen molar-refractivity contribution in [1.29, 1.82) is 0 Å². The summed E-state index contributed by atoms with van der Waals surface area (Å²) >= 11 is 1.21. The maximum atomic E-state index is 12.2. The van der Waals surface area contributed by atoms with E-state index in [-0.39, 0.29) is 10.8 Å². The normalized spacial score (nSPS) is 11.7. The number of benzene rings is 2. The maximum Gasteiger partial charge on any atom is 0.250 e. The minimum absolute atomic E-state index is 0.214. The predicted octanol–water partition coefficient (Wildman–Crippen LogP) is 3.37. The van der Waals surface area contributed by atoms with Crippen LogP contribution in [0.25, 0.3) is 16.3 Å². The lowest BCUT2D eigenvalue weighted by Crippen LogP contribution is -2.07. The Morgan fingerprint density at radius 1 is 1.14 bits per heavy atom. The van der Waals surface area contributed by atoms with Crippen molar-refractivity contribution in [2.45, 2.75) is 4.90 Å². The largest absolute Gasteiger partial charge is 0.497 e. The van der Waals surface area contributed by atoms with Crippen LogP contribution in [-0.4, -0.2) is 39.8 Å². The molecule has 1 amide bonds. The van der Waals surface area contributed by atoms with Gasteiger partial charge in [-0.15, -0.1) is 0 Å². The third-order valence-electron chi connectivity index (χ3n) is 3.87. The molecule has 7 nitrogen and oxygen atoms in total. The van der Waals surface area contributed by atoms with Gasteiger partial charge in [0.15, 0.2) is 15.0 Å². The molecule has 0 aliphatic rings. The van der Waals surface area contributed by atoms with Crippen LogP contribution in [0.3, 0.4) is 0 Å². The van der Waals surface area contributed by atoms with Gasteiger partial charge in [-0.1, -0.05) is 11.3 Å². The van der Waals surface area contributed by atoms with Gasteiger partial charge in [0.25, 0.3) is 0 Å². The van der Waals surface area contributed by atoms with Gasteiger partial charge in [-0.05, 0) is 42.5 Å². The highest BCUT2D eigenvalue weighted by molar-refractivity contribution is 7.90. The molecule has 0 radical (unpaired) electrons. The number of hydrogen-bond acceptors (Lipinski definition) is 7. The number of fused-ring (bicyclic) bond motifs is 1. The standard InChI is InChI=1S/C19H18N2O5S2/c1-25-13-5-8-16(26-2)12(10-13)4-9-18(22)21-19-20-15-7-6-14(28(3,23)24)11-17(15)27-19/h4-11H,1-3H3,(H,20,21,22). The van der Waals surface area contributed by atoms with Gasteiger partial charge in [0.05, 0.1) is 29.3 Å². The van der Waals surface area contributed by atoms with Crippen molar-refractivity contribution >= 4 is 48.5 Å². The van der Waals surface area contributed by atoms with Crippen LogP contribution in [0.5, 0.6) is 11.5 Å². The topological polar surface area (TPSA) is 94.6 Å². The molecular formula is C19H18N2O5S2. The Labute approximate surface area is 166 Å². The minimum Gasteiger partial charge on any atom is -0.497 e. The molecule has 0 unspecified atom stereocenters. The first-order chi connectivity index (χ1) is 13.3. The van der Waals surface area contributed by atoms with E-state index in [1.165, 1.54) is 23.5 Å². The van der Waals surface area contributed by atoms with E-state index in [1.807, 2.05) is 0 Å². The zero-order valence-electron chi connectivity index (χ0n) is 15.4. The summed E-state index contributed by atoms with van der Waals surface area (Å²) in [6.07, 6.45) is 4.13. The molecule has 0 aliphatic carbocycles. The number of thiazole rings is 1. The van der Waals surface area contributed by atoms with Crippen molar-refractivity contribution in [3.63, 3.8) is 0 Å². The van der Waals surface area contributed by atoms with E-state index in [4.69, 9.17) is 9.47 Å². The second kappa shape index (κ2) is 7.99. The summed E-state index contributed by atoms with van der Waals surface area (Å²) in [7, 11) is -0.195. The van der Waals surface area contributed by atoms with Crippen molar-refractivity contribution in [2.24, 2.45) is 0 Å². The lowest BCUT2D eigenvalue weighted by molar-refractivity contribution is -0.111. The van der Waals surface area contributed by atoms with Gasteiger partial charge in [-0.25, -0.2) is 13.4 Å². The van der Waals surface area contributed by atoms with E-state index in [9.17, 15) is 13.2 Å². The van der Waals surface area contributed by atoms with Crippen LogP contribution >= 0.6 is 11.3 Å². The van der Waals surface area contributed by atoms with Crippen LogP contribution in [0.15, 0.2) is 47.4 Å². The summed E-state index contributed by atoms with van der Waals surface area (Å²) in [6.45, 7) is 0. The molecule has 0 bridgehead atoms. The molecule has 0 atom stereocenters. The highest BCUT2D eigenvalue weighted by atomic mass is 32.2. The average molecular weight is 418 g/mol. The number of carbonyl (C=O) groups excluding carboxylic acids is 1. The number of aromatic nitrogens is 1. The van der Waals surface area contributed by atoms with E-state index in [0.29, 0.717) is 32.4 Å². The zero-order chi connectivity index (χ0) is 20.3. The third kappa shape index (κ3) is 4.49. The summed E-state index contributed by atoms with van der Waals surface area (Å²) in [5.41, 5.74) is 1.31. The smallest absolute Gasteiger partial charge is 0.250 e. The number of hydrogen-bond donors (Lipinski definition) is 1. The quantitative estimate of drug-likeness (QED) is 0.617. The van der Waals surface area contributed by atoms with Crippen LogP contribution in [0.2, 0.25) is 0 Å². The van der Waals surface area contributed by atoms with Crippen LogP contribution in [0, 0.1) is 0 Å². The summed E-state index contributed by atoms with van der Waals surface area (Å²) in [4.78, 5) is 16.8. The number of carbonyl (C=O) groups is 1. The van der Waals surface area contributed by atoms with Gasteiger partial charge in [-0.2, -0.15) is 0 Å². The van der Waals surface area contributed by atoms with Crippen LogP contribution in [-0.2, 0) is 14.6 Å². The Morgan fingerprint density at radius 2 is 1.93 bits per heavy atom. The maximum absolute atomic E-state index is 12.2. The second-order valence-electron chi connectivity index (χ2n) is 5.85. The Morgan fingerprint density at radius 3 is 2.61 bits per heavy atom. The van der Waals surface area contributed by atoms with Gasteiger partial charge in [0, 0.05) is 17.9 Å². The summed E-state index contributed by atoms with van der Waals surface area (Å²) in [6, 6.07) is 9.94. The number of nitrogens with zero attached hydrogens (tertiary/aromatic N) is 1. The molecule has 0 spiro atoms. The molecule has 0 saturated carbocycles. The van der Waals surface area contributed by atoms with Crippen LogP contribution < -0.4 is 14.8 Å². The number of amides is 1. The van der Waals surface area contributed by atoms with Gasteiger partial charge >= 0.3 is 0 Å². The average Bonchev–Trinajstić information content (AvgIpc) is 3.06. The zero-order valence-corrected chi connectivity index (χ0v) is 17.1. The second-order valence-corrected chi connectivity index (χ2v) is 8.90. The van der Waals surface area contributed by atoms with Gasteiger partial charge < -0.3 is 9.47 Å². The molecule has 3 rings (SSSR count). The highest BCUT2D eigenvalue weighted by Gasteiger charge is 2.11. The molecule has 28 heavy (non-hydrogen) atoms. The molecule has 1 heterocycles. The fourth-order valence-corrected chi connectivity index (χ4v) is 4.10. The molecule has 146 valence electrons. The minimum atomic E-state index is -3.30. The molecule has 0 saturated heterocycles. The molecule has 2 aromatic carbocycles. The van der Waals surface area contributed by atoms with Crippen molar-refractivity contribution in [3.05, 3.63) is 48.0 Å². The van der Waals surface area contributed by atoms with Gasteiger partial charge in [0.1, 0.15) is 11.5 Å². The lowest BCUT2D eigenvalue weighted by Gasteiger charge is -2.07. The number of rotatable bonds is 6. The first-order valence-corrected chi connectivity index (χ1v) is 10.8. The first-order valence-electron chi connectivity index (χ1n) is 8.12. The Hall–Kier alpha value is -2.91. The van der Waals surface area contributed by atoms with Crippen molar-refractivity contribution in [1.82, 2.24) is 4.98 Å². The monoisotopic (exact) mass is 418 g/mol. The highest BCUT2D eigenvalue weighted by Crippen LogP contribution is 2.28. The van der Waals surface area contributed by atoms with E-state index < -0.39 is 9.84 Å². The predicted molar refractivity (Wildman–Crippen MR) is 110 cm³/mol. The van der Waals surface area contributed by atoms with Crippen molar-refractivity contribution in [2.75, 3.05) is 25.8 Å². The SMILES string of the molecule is COc1ccc(OC)c(C=CC(=O)Nc2nc3ccc(S(C)(=O)=O)cc3s2)c1. The summed E-state index contributed by atoms with van der Waals surface area (Å²) < 4.78 is 34.5. The van der Waals surface area contributed by atoms with E-state index in [2.05, 4.69) is 10.3 Å². The molecule has 3 aromatic rings. The molecular weight excluding hydrogens is 400 g/mol. The number of sulfone groups is 1. The molecule has 0 fully saturated rings. The Balaban J connectivity index is 1.79. The third-order valence-corrected chi connectivity index (χ3v) is 5.91. The van der Waals surface area contributed by atoms with E-state index in [0.717, 1.165) is 6.26 Å². The molecule has 1 aromatic heterocycles. The van der Waals surface area contributed by atoms with Crippen LogP contribution in [0.4, 0.5) is 5.13 Å². The van der Waals surface area contributed by atoms with Gasteiger partial charge in [0.2, 0.25) is 5.91 Å². The number of methoxy groups -OCH3 is 2. The molecule has 9 heteroatoms. The van der Waals surface area contributed by atoms with Crippen molar-refractivity contribution in [3.8, 4) is 11.5 Å². The van der Waals surface area contributed by atoms with Crippen LogP contribution in [0.1, 0.15) is 5.56 Å². The summed E-state index contributed by atoms with van der Waals surface area (Å²) in [5.74, 6) is 0.888. The number of anilines is 1. The lowest BCUT2D eigenvalue weighted by atomic mass is 10.1. The van der Waals surface area contributed by atoms with Crippen molar-refractivity contribution < 1.29 is 22.7 Å². The number of ether oxygens (including phenoxy) is 2. The Kier molecular flexibility index (Phi) is 5.66. The molecule has 0 aliphatic heterocycles. The fraction of sp³-hybridized carbons (Fsp3) is 0.158. The van der Waals surface area contributed by atoms with E-state index in [1.54, 1.807) is 50.6 Å². The molecule has 1 N–H and O–H groups in total. The Bertz CT molecular complexity index is 1170. The number of nitrogens with one attached hydrogen (secondary N) is 1. The first kappa shape index (κ1) is 19.8.